The predicted octanol–water partition coefficient (Wildman–Crippen LogP) is 1.92. The van der Waals surface area contributed by atoms with Gasteiger partial charge in [-0.2, -0.15) is 13.8 Å². The Morgan fingerprint density at radius 1 is 1.27 bits per heavy atom. The van der Waals surface area contributed by atoms with Crippen LogP contribution in [0.5, 0.6) is 0 Å². The van der Waals surface area contributed by atoms with E-state index in [1.807, 2.05) is 31.2 Å². The molecule has 3 aromatic rings. The Balaban J connectivity index is 1.71. The zero-order valence-electron chi connectivity index (χ0n) is 12.1. The van der Waals surface area contributed by atoms with Crippen LogP contribution in [0.25, 0.3) is 5.69 Å². The van der Waals surface area contributed by atoms with Gasteiger partial charge in [0.2, 0.25) is 0 Å². The van der Waals surface area contributed by atoms with E-state index in [0.717, 1.165) is 23.0 Å². The molecule has 112 valence electrons. The van der Waals surface area contributed by atoms with Crippen LogP contribution >= 0.6 is 11.7 Å². The molecule has 1 aromatic carbocycles. The lowest BCUT2D eigenvalue weighted by Crippen LogP contribution is -2.27. The quantitative estimate of drug-likeness (QED) is 0.795. The molecule has 0 saturated carbocycles. The zero-order valence-corrected chi connectivity index (χ0v) is 12.9. The molecule has 22 heavy (non-hydrogen) atoms. The Bertz CT molecular complexity index is 765. The Morgan fingerprint density at radius 3 is 2.64 bits per heavy atom. The van der Waals surface area contributed by atoms with Gasteiger partial charge in [-0.3, -0.25) is 4.79 Å². The van der Waals surface area contributed by atoms with E-state index >= 15 is 0 Å². The summed E-state index contributed by atoms with van der Waals surface area (Å²) in [7, 11) is 0. The Kier molecular flexibility index (Phi) is 3.92. The van der Waals surface area contributed by atoms with Crippen LogP contribution in [-0.2, 0) is 0 Å². The Morgan fingerprint density at radius 2 is 2.05 bits per heavy atom. The largest absolute Gasteiger partial charge is 0.344 e. The van der Waals surface area contributed by atoms with E-state index in [2.05, 4.69) is 24.1 Å². The highest BCUT2D eigenvalue weighted by atomic mass is 32.1. The van der Waals surface area contributed by atoms with Gasteiger partial charge in [-0.1, -0.05) is 12.1 Å². The number of rotatable bonds is 4. The van der Waals surface area contributed by atoms with E-state index in [-0.39, 0.29) is 11.9 Å². The summed E-state index contributed by atoms with van der Waals surface area (Å²) in [6.45, 7) is 3.70. The number of benzene rings is 1. The smallest absolute Gasteiger partial charge is 0.273 e. The van der Waals surface area contributed by atoms with Gasteiger partial charge in [-0.15, -0.1) is 0 Å². The summed E-state index contributed by atoms with van der Waals surface area (Å²) in [5, 5.41) is 7.00. The average molecular weight is 314 g/mol. The minimum Gasteiger partial charge on any atom is -0.344 e. The van der Waals surface area contributed by atoms with Gasteiger partial charge in [-0.05, 0) is 31.5 Å². The number of carbonyl (C=O) groups excluding carboxylic acids is 1. The third-order valence-electron chi connectivity index (χ3n) is 3.29. The first-order valence-electron chi connectivity index (χ1n) is 6.70. The maximum atomic E-state index is 12.1. The van der Waals surface area contributed by atoms with Crippen molar-refractivity contribution >= 4 is 17.6 Å². The van der Waals surface area contributed by atoms with Crippen LogP contribution in [0.15, 0.2) is 36.9 Å². The number of nitrogens with zero attached hydrogens (tertiary/aromatic N) is 5. The van der Waals surface area contributed by atoms with E-state index in [9.17, 15) is 4.79 Å². The summed E-state index contributed by atoms with van der Waals surface area (Å²) in [4.78, 5) is 16.0. The maximum Gasteiger partial charge on any atom is 0.273 e. The number of nitrogens with one attached hydrogen (secondary N) is 1. The average Bonchev–Trinajstić information content (AvgIpc) is 3.18. The molecular weight excluding hydrogens is 300 g/mol. The molecule has 3 rings (SSSR count). The predicted molar refractivity (Wildman–Crippen MR) is 81.9 cm³/mol. The fraction of sp³-hybridized carbons (Fsp3) is 0.214. The van der Waals surface area contributed by atoms with Gasteiger partial charge in [0.1, 0.15) is 12.7 Å². The van der Waals surface area contributed by atoms with Crippen LogP contribution in [-0.4, -0.2) is 29.4 Å². The first-order chi connectivity index (χ1) is 10.6. The first-order valence-corrected chi connectivity index (χ1v) is 7.43. The van der Waals surface area contributed by atoms with Crippen molar-refractivity contribution in [2.24, 2.45) is 0 Å². The van der Waals surface area contributed by atoms with Gasteiger partial charge in [-0.25, -0.2) is 9.67 Å². The molecule has 0 fully saturated rings. The van der Waals surface area contributed by atoms with Crippen LogP contribution in [0, 0.1) is 6.92 Å². The molecule has 8 heteroatoms. The van der Waals surface area contributed by atoms with Crippen LogP contribution in [0.2, 0.25) is 0 Å². The third-order valence-corrected chi connectivity index (χ3v) is 3.91. The highest BCUT2D eigenvalue weighted by Gasteiger charge is 2.16. The van der Waals surface area contributed by atoms with Crippen molar-refractivity contribution in [3.8, 4) is 5.69 Å². The van der Waals surface area contributed by atoms with Crippen molar-refractivity contribution < 1.29 is 4.79 Å². The molecule has 0 spiro atoms. The van der Waals surface area contributed by atoms with Crippen LogP contribution in [0.1, 0.15) is 34.7 Å². The molecule has 2 aromatic heterocycles. The zero-order chi connectivity index (χ0) is 15.5. The van der Waals surface area contributed by atoms with Gasteiger partial charge in [0.15, 0.2) is 5.69 Å². The van der Waals surface area contributed by atoms with Crippen LogP contribution in [0.3, 0.4) is 0 Å². The summed E-state index contributed by atoms with van der Waals surface area (Å²) < 4.78 is 9.70. The highest BCUT2D eigenvalue weighted by molar-refractivity contribution is 6.99. The van der Waals surface area contributed by atoms with Gasteiger partial charge in [0.25, 0.3) is 5.91 Å². The molecule has 0 bridgehead atoms. The van der Waals surface area contributed by atoms with Crippen molar-refractivity contribution in [1.82, 2.24) is 28.8 Å². The topological polar surface area (TPSA) is 85.6 Å². The van der Waals surface area contributed by atoms with Crippen molar-refractivity contribution in [3.05, 3.63) is 53.9 Å². The minimum absolute atomic E-state index is 0.126. The number of carbonyl (C=O) groups is 1. The van der Waals surface area contributed by atoms with E-state index < -0.39 is 0 Å². The van der Waals surface area contributed by atoms with Gasteiger partial charge >= 0.3 is 0 Å². The highest BCUT2D eigenvalue weighted by Crippen LogP contribution is 2.16. The van der Waals surface area contributed by atoms with Crippen molar-refractivity contribution in [3.63, 3.8) is 0 Å². The first kappa shape index (κ1) is 14.3. The molecule has 1 atom stereocenters. The number of aromatic nitrogens is 5. The Hall–Kier alpha value is -2.61. The molecule has 0 aliphatic heterocycles. The van der Waals surface area contributed by atoms with Crippen LogP contribution in [0.4, 0.5) is 0 Å². The fourth-order valence-corrected chi connectivity index (χ4v) is 2.59. The Labute approximate surface area is 131 Å². The monoisotopic (exact) mass is 314 g/mol. The van der Waals surface area contributed by atoms with Gasteiger partial charge in [0, 0.05) is 0 Å². The summed E-state index contributed by atoms with van der Waals surface area (Å²) in [5.41, 5.74) is 2.95. The summed E-state index contributed by atoms with van der Waals surface area (Å²) in [6.07, 6.45) is 3.12. The summed E-state index contributed by atoms with van der Waals surface area (Å²) in [6, 6.07) is 7.64. The molecular formula is C14H14N6OS. The number of amides is 1. The molecule has 0 aliphatic carbocycles. The lowest BCUT2D eigenvalue weighted by atomic mass is 10.1. The summed E-state index contributed by atoms with van der Waals surface area (Å²) in [5.74, 6) is -0.209. The molecule has 1 amide bonds. The second kappa shape index (κ2) is 6.02. The van der Waals surface area contributed by atoms with Crippen molar-refractivity contribution in [2.75, 3.05) is 0 Å². The number of aryl methyl sites for hydroxylation is 1. The van der Waals surface area contributed by atoms with Gasteiger partial charge < -0.3 is 5.32 Å². The van der Waals surface area contributed by atoms with Crippen molar-refractivity contribution in [1.29, 1.82) is 0 Å². The standard InChI is InChI=1S/C14H14N6OS/c1-9(17-14(21)13-10(2)18-22-19-13)11-3-5-12(6-4-11)20-8-15-7-16-20/h3-9H,1-2H3,(H,17,21). The van der Waals surface area contributed by atoms with E-state index in [0.29, 0.717) is 11.4 Å². The minimum atomic E-state index is -0.209. The maximum absolute atomic E-state index is 12.1. The molecule has 0 radical (unpaired) electrons. The molecule has 1 N–H and O–H groups in total. The summed E-state index contributed by atoms with van der Waals surface area (Å²) >= 11 is 1.04. The number of hydrogen-bond acceptors (Lipinski definition) is 6. The van der Waals surface area contributed by atoms with E-state index in [4.69, 9.17) is 0 Å². The molecule has 0 saturated heterocycles. The second-order valence-corrected chi connectivity index (χ2v) is 5.35. The SMILES string of the molecule is Cc1nsnc1C(=O)NC(C)c1ccc(-n2cncn2)cc1. The second-order valence-electron chi connectivity index (χ2n) is 4.82. The third kappa shape index (κ3) is 2.86. The molecule has 0 aliphatic rings. The van der Waals surface area contributed by atoms with E-state index in [1.165, 1.54) is 6.33 Å². The molecule has 7 nitrogen and oxygen atoms in total. The lowest BCUT2D eigenvalue weighted by Gasteiger charge is -2.14. The van der Waals surface area contributed by atoms with Crippen LogP contribution < -0.4 is 5.32 Å². The fourth-order valence-electron chi connectivity index (χ4n) is 2.04. The van der Waals surface area contributed by atoms with Crippen molar-refractivity contribution in [2.45, 2.75) is 19.9 Å². The van der Waals surface area contributed by atoms with E-state index in [1.54, 1.807) is 17.9 Å². The normalized spacial score (nSPS) is 12.1. The number of hydrogen-bond donors (Lipinski definition) is 1. The molecule has 2 heterocycles. The van der Waals surface area contributed by atoms with Gasteiger partial charge in [0.05, 0.1) is 29.2 Å². The lowest BCUT2D eigenvalue weighted by molar-refractivity contribution is 0.0935. The molecule has 1 unspecified atom stereocenters.